The second-order valence-electron chi connectivity index (χ2n) is 4.37. The van der Waals surface area contributed by atoms with Crippen molar-refractivity contribution in [3.63, 3.8) is 0 Å². The molecule has 0 saturated heterocycles. The summed E-state index contributed by atoms with van der Waals surface area (Å²) >= 11 is 0. The highest BCUT2D eigenvalue weighted by Crippen LogP contribution is 2.07. The monoisotopic (exact) mass is 274 g/mol. The minimum atomic E-state index is -0.432. The van der Waals surface area contributed by atoms with Crippen LogP contribution in [0.25, 0.3) is 0 Å². The Balaban J connectivity index is 3.23. The number of esters is 2. The van der Waals surface area contributed by atoms with Gasteiger partial charge < -0.3 is 14.2 Å². The maximum absolute atomic E-state index is 11.3. The van der Waals surface area contributed by atoms with Gasteiger partial charge in [0.05, 0.1) is 13.7 Å². The van der Waals surface area contributed by atoms with Gasteiger partial charge in [0.2, 0.25) is 0 Å². The first-order valence-corrected chi connectivity index (χ1v) is 7.00. The predicted molar refractivity (Wildman–Crippen MR) is 71.8 cm³/mol. The lowest BCUT2D eigenvalue weighted by molar-refractivity contribution is -0.149. The minimum Gasteiger partial charge on any atom is -0.467 e. The molecule has 0 fully saturated rings. The van der Waals surface area contributed by atoms with E-state index in [1.807, 2.05) is 0 Å². The third-order valence-corrected chi connectivity index (χ3v) is 2.67. The lowest BCUT2D eigenvalue weighted by atomic mass is 10.1. The zero-order valence-electron chi connectivity index (χ0n) is 12.1. The smallest absolute Gasteiger partial charge is 0.331 e. The fraction of sp³-hybridized carbons (Fsp3) is 0.857. The van der Waals surface area contributed by atoms with Crippen LogP contribution >= 0.6 is 0 Å². The lowest BCUT2D eigenvalue weighted by Crippen LogP contribution is -2.15. The van der Waals surface area contributed by atoms with Crippen molar-refractivity contribution in [1.29, 1.82) is 0 Å². The predicted octanol–water partition coefficient (Wildman–Crippen LogP) is 2.47. The van der Waals surface area contributed by atoms with Crippen LogP contribution in [0, 0.1) is 0 Å². The third-order valence-electron chi connectivity index (χ3n) is 2.67. The Morgan fingerprint density at radius 1 is 0.895 bits per heavy atom. The fourth-order valence-electron chi connectivity index (χ4n) is 1.55. The Morgan fingerprint density at radius 2 is 1.58 bits per heavy atom. The van der Waals surface area contributed by atoms with E-state index in [4.69, 9.17) is 9.47 Å². The third kappa shape index (κ3) is 13.1. The van der Waals surface area contributed by atoms with Crippen LogP contribution in [0.4, 0.5) is 0 Å². The van der Waals surface area contributed by atoms with Crippen molar-refractivity contribution in [2.24, 2.45) is 0 Å². The molecule has 0 amide bonds. The summed E-state index contributed by atoms with van der Waals surface area (Å²) in [6, 6.07) is 0. The summed E-state index contributed by atoms with van der Waals surface area (Å²) in [6.45, 7) is 2.48. The zero-order valence-corrected chi connectivity index (χ0v) is 12.1. The molecule has 5 nitrogen and oxygen atoms in total. The standard InChI is InChI=1S/C14H26O5/c1-3-4-5-6-7-8-9-13(15)19-11-10-18-12-14(16)17-2/h3-12H2,1-2H3. The fourth-order valence-corrected chi connectivity index (χ4v) is 1.55. The number of methoxy groups -OCH3 is 1. The van der Waals surface area contributed by atoms with Gasteiger partial charge in [0.1, 0.15) is 13.2 Å². The average molecular weight is 274 g/mol. The molecule has 0 heterocycles. The first-order chi connectivity index (χ1) is 9.20. The number of hydrogen-bond acceptors (Lipinski definition) is 5. The van der Waals surface area contributed by atoms with Crippen LogP contribution in [0.3, 0.4) is 0 Å². The van der Waals surface area contributed by atoms with Crippen LogP contribution in [-0.2, 0) is 23.8 Å². The molecule has 0 aliphatic heterocycles. The molecule has 0 spiro atoms. The molecule has 0 aromatic carbocycles. The van der Waals surface area contributed by atoms with Gasteiger partial charge in [0.25, 0.3) is 0 Å². The quantitative estimate of drug-likeness (QED) is 0.404. The average Bonchev–Trinajstić information content (AvgIpc) is 2.42. The summed E-state index contributed by atoms with van der Waals surface area (Å²) < 4.78 is 14.3. The van der Waals surface area contributed by atoms with Gasteiger partial charge in [-0.3, -0.25) is 4.79 Å². The second kappa shape index (κ2) is 13.3. The van der Waals surface area contributed by atoms with Crippen LogP contribution < -0.4 is 0 Å². The largest absolute Gasteiger partial charge is 0.467 e. The first-order valence-electron chi connectivity index (χ1n) is 7.00. The van der Waals surface area contributed by atoms with Crippen molar-refractivity contribution in [2.75, 3.05) is 26.9 Å². The number of hydrogen-bond donors (Lipinski definition) is 0. The van der Waals surface area contributed by atoms with Crippen LogP contribution in [0.5, 0.6) is 0 Å². The summed E-state index contributed by atoms with van der Waals surface area (Å²) in [5, 5.41) is 0. The molecule has 0 unspecified atom stereocenters. The number of rotatable bonds is 12. The van der Waals surface area contributed by atoms with E-state index in [9.17, 15) is 9.59 Å². The Labute approximate surface area is 115 Å². The number of unbranched alkanes of at least 4 members (excludes halogenated alkanes) is 5. The molecule has 0 aliphatic rings. The van der Waals surface area contributed by atoms with E-state index in [0.717, 1.165) is 12.8 Å². The maximum atomic E-state index is 11.3. The lowest BCUT2D eigenvalue weighted by Gasteiger charge is -2.05. The zero-order chi connectivity index (χ0) is 14.3. The highest BCUT2D eigenvalue weighted by atomic mass is 16.6. The summed E-state index contributed by atoms with van der Waals surface area (Å²) in [7, 11) is 1.30. The molecule has 0 atom stereocenters. The van der Waals surface area contributed by atoms with E-state index in [1.54, 1.807) is 0 Å². The number of carbonyl (C=O) groups excluding carboxylic acids is 2. The van der Waals surface area contributed by atoms with Gasteiger partial charge in [0, 0.05) is 6.42 Å². The Kier molecular flexibility index (Phi) is 12.6. The van der Waals surface area contributed by atoms with Crippen molar-refractivity contribution >= 4 is 11.9 Å². The van der Waals surface area contributed by atoms with E-state index in [2.05, 4.69) is 11.7 Å². The highest BCUT2D eigenvalue weighted by molar-refractivity contribution is 5.70. The van der Waals surface area contributed by atoms with Gasteiger partial charge in [-0.25, -0.2) is 4.79 Å². The SMILES string of the molecule is CCCCCCCCC(=O)OCCOCC(=O)OC. The van der Waals surface area contributed by atoms with Crippen LogP contribution in [0.15, 0.2) is 0 Å². The summed E-state index contributed by atoms with van der Waals surface area (Å²) in [5.74, 6) is -0.629. The molecule has 0 saturated carbocycles. The van der Waals surface area contributed by atoms with Crippen LogP contribution in [0.2, 0.25) is 0 Å². The van der Waals surface area contributed by atoms with Crippen molar-refractivity contribution < 1.29 is 23.8 Å². The van der Waals surface area contributed by atoms with E-state index in [0.29, 0.717) is 6.42 Å². The number of carbonyl (C=O) groups is 2. The van der Waals surface area contributed by atoms with Gasteiger partial charge >= 0.3 is 11.9 Å². The molecule has 0 aliphatic carbocycles. The van der Waals surface area contributed by atoms with E-state index in [1.165, 1.54) is 32.8 Å². The summed E-state index contributed by atoms with van der Waals surface area (Å²) in [5.41, 5.74) is 0. The van der Waals surface area contributed by atoms with Gasteiger partial charge in [0.15, 0.2) is 0 Å². The normalized spacial score (nSPS) is 10.2. The van der Waals surface area contributed by atoms with Gasteiger partial charge in [-0.1, -0.05) is 39.0 Å². The molecule has 0 radical (unpaired) electrons. The van der Waals surface area contributed by atoms with Crippen LogP contribution in [-0.4, -0.2) is 38.9 Å². The Bertz CT molecular complexity index is 240. The van der Waals surface area contributed by atoms with Crippen molar-refractivity contribution in [2.45, 2.75) is 51.9 Å². The molecular formula is C14H26O5. The second-order valence-corrected chi connectivity index (χ2v) is 4.37. The molecule has 5 heteroatoms. The Hall–Kier alpha value is -1.10. The Morgan fingerprint density at radius 3 is 2.26 bits per heavy atom. The molecule has 0 aromatic rings. The first kappa shape index (κ1) is 17.9. The van der Waals surface area contributed by atoms with Crippen molar-refractivity contribution in [3.8, 4) is 0 Å². The molecule has 112 valence electrons. The maximum Gasteiger partial charge on any atom is 0.331 e. The van der Waals surface area contributed by atoms with Crippen LogP contribution in [0.1, 0.15) is 51.9 Å². The van der Waals surface area contributed by atoms with Gasteiger partial charge in [-0.2, -0.15) is 0 Å². The van der Waals surface area contributed by atoms with Crippen molar-refractivity contribution in [1.82, 2.24) is 0 Å². The van der Waals surface area contributed by atoms with E-state index in [-0.39, 0.29) is 25.8 Å². The molecule has 0 rings (SSSR count). The van der Waals surface area contributed by atoms with Gasteiger partial charge in [-0.15, -0.1) is 0 Å². The minimum absolute atomic E-state index is 0.106. The molecule has 0 N–H and O–H groups in total. The van der Waals surface area contributed by atoms with E-state index < -0.39 is 5.97 Å². The molecule has 0 bridgehead atoms. The van der Waals surface area contributed by atoms with Crippen molar-refractivity contribution in [3.05, 3.63) is 0 Å². The molecular weight excluding hydrogens is 248 g/mol. The van der Waals surface area contributed by atoms with Gasteiger partial charge in [-0.05, 0) is 6.42 Å². The summed E-state index contributed by atoms with van der Waals surface area (Å²) in [4.78, 5) is 22.0. The highest BCUT2D eigenvalue weighted by Gasteiger charge is 2.03. The van der Waals surface area contributed by atoms with E-state index >= 15 is 0 Å². The summed E-state index contributed by atoms with van der Waals surface area (Å²) in [6.07, 6.45) is 7.34. The topological polar surface area (TPSA) is 61.8 Å². The molecule has 19 heavy (non-hydrogen) atoms. The molecule has 0 aromatic heterocycles. The number of ether oxygens (including phenoxy) is 3.